The van der Waals surface area contributed by atoms with Gasteiger partial charge < -0.3 is 19.0 Å². The van der Waals surface area contributed by atoms with Gasteiger partial charge in [-0.05, 0) is 0 Å². The summed E-state index contributed by atoms with van der Waals surface area (Å²) in [6.45, 7) is -1.88. The molecule has 162 valence electrons. The maximum atomic E-state index is 12.3. The van der Waals surface area contributed by atoms with Gasteiger partial charge in [-0.25, -0.2) is 14.4 Å². The molecule has 0 aliphatic rings. The second kappa shape index (κ2) is 9.45. The minimum absolute atomic E-state index is 0.0549. The first kappa shape index (κ1) is 25.2. The maximum Gasteiger partial charge on any atom is 0.490 e. The molecule has 0 heterocycles. The average molecular weight is 437 g/mol. The van der Waals surface area contributed by atoms with Crippen molar-refractivity contribution in [3.8, 4) is 0 Å². The number of hydrogen-bond acceptors (Lipinski definition) is 8. The molecule has 2 atom stereocenters. The number of carbonyl (C=O) groups is 3. The summed E-state index contributed by atoms with van der Waals surface area (Å²) in [5.41, 5.74) is 0. The molecule has 0 saturated heterocycles. The second-order valence-corrected chi connectivity index (χ2v) is 4.34. The maximum absolute atomic E-state index is 12.3. The minimum Gasteiger partial charge on any atom is -0.455 e. The van der Waals surface area contributed by atoms with Gasteiger partial charge in [0.05, 0.1) is 6.21 Å². The van der Waals surface area contributed by atoms with Gasteiger partial charge in [0.15, 0.2) is 12.2 Å². The van der Waals surface area contributed by atoms with E-state index < -0.39 is 55.3 Å². The zero-order valence-electron chi connectivity index (χ0n) is 13.1. The summed E-state index contributed by atoms with van der Waals surface area (Å²) >= 11 is 0. The number of alkyl halides is 9. The molecule has 0 aliphatic heterocycles. The van der Waals surface area contributed by atoms with Gasteiger partial charge in [-0.2, -0.15) is 39.5 Å². The van der Waals surface area contributed by atoms with Crippen LogP contribution in [0.4, 0.5) is 39.5 Å². The molecule has 0 aromatic carbocycles. The molecule has 17 heteroatoms. The third kappa shape index (κ3) is 8.76. The Labute approximate surface area is 148 Å². The largest absolute Gasteiger partial charge is 0.490 e. The van der Waals surface area contributed by atoms with Crippen LogP contribution >= 0.6 is 0 Å². The Bertz CT molecular complexity index is 597. The molecule has 0 spiro atoms. The summed E-state index contributed by atoms with van der Waals surface area (Å²) in [4.78, 5) is 36.3. The molecule has 0 aromatic heterocycles. The Morgan fingerprint density at radius 1 is 0.821 bits per heavy atom. The predicted octanol–water partition coefficient (Wildman–Crippen LogP) is 1.67. The van der Waals surface area contributed by atoms with Crippen molar-refractivity contribution in [3.63, 3.8) is 0 Å². The molecule has 8 nitrogen and oxygen atoms in total. The van der Waals surface area contributed by atoms with E-state index in [1.54, 1.807) is 0 Å². The van der Waals surface area contributed by atoms with Crippen LogP contribution in [-0.4, -0.2) is 68.6 Å². The normalized spacial score (nSPS) is 14.9. The van der Waals surface area contributed by atoms with E-state index >= 15 is 0 Å². The summed E-state index contributed by atoms with van der Waals surface area (Å²) in [7, 11) is 0.777. The highest BCUT2D eigenvalue weighted by atomic mass is 19.4. The van der Waals surface area contributed by atoms with Crippen LogP contribution in [0.15, 0.2) is 5.16 Å². The average Bonchev–Trinajstić information content (AvgIpc) is 2.51. The first-order valence-corrected chi connectivity index (χ1v) is 6.36. The highest BCUT2D eigenvalue weighted by Crippen LogP contribution is 2.23. The molecule has 28 heavy (non-hydrogen) atoms. The molecular weight excluding hydrogens is 429 g/mol. The highest BCUT2D eigenvalue weighted by molar-refractivity contribution is 5.80. The van der Waals surface area contributed by atoms with Crippen LogP contribution in [0.3, 0.4) is 0 Å². The Morgan fingerprint density at radius 3 is 1.64 bits per heavy atom. The summed E-state index contributed by atoms with van der Waals surface area (Å²) < 4.78 is 121. The summed E-state index contributed by atoms with van der Waals surface area (Å²) in [6.07, 6.45) is -22.5. The van der Waals surface area contributed by atoms with Gasteiger partial charge in [0.1, 0.15) is 13.7 Å². The van der Waals surface area contributed by atoms with Crippen LogP contribution in [0, 0.1) is 0 Å². The molecule has 0 fully saturated rings. The van der Waals surface area contributed by atoms with Crippen LogP contribution in [0.25, 0.3) is 0 Å². The molecule has 0 aromatic rings. The van der Waals surface area contributed by atoms with Crippen LogP contribution in [-0.2, 0) is 33.4 Å². The predicted molar refractivity (Wildman–Crippen MR) is 64.4 cm³/mol. The molecule has 0 saturated carbocycles. The van der Waals surface area contributed by atoms with Gasteiger partial charge in [-0.15, -0.1) is 0 Å². The van der Waals surface area contributed by atoms with Crippen LogP contribution in [0.5, 0.6) is 0 Å². The Hall–Kier alpha value is -2.75. The summed E-state index contributed by atoms with van der Waals surface area (Å²) in [5.74, 6) is -9.11. The van der Waals surface area contributed by atoms with Crippen molar-refractivity contribution in [1.82, 2.24) is 0 Å². The van der Waals surface area contributed by atoms with Crippen LogP contribution in [0.1, 0.15) is 0 Å². The van der Waals surface area contributed by atoms with Crippen molar-refractivity contribution in [2.45, 2.75) is 30.7 Å². The fraction of sp³-hybridized carbons (Fsp3) is 0.636. The Kier molecular flexibility index (Phi) is 8.52. The van der Waals surface area contributed by atoms with E-state index in [2.05, 4.69) is 24.2 Å². The second-order valence-electron chi connectivity index (χ2n) is 4.34. The van der Waals surface area contributed by atoms with E-state index in [0.29, 0.717) is 0 Å². The monoisotopic (exact) mass is 437 g/mol. The first-order valence-electron chi connectivity index (χ1n) is 6.36. The van der Waals surface area contributed by atoms with Gasteiger partial charge >= 0.3 is 36.4 Å². The fourth-order valence-electron chi connectivity index (χ4n) is 1.15. The van der Waals surface area contributed by atoms with Gasteiger partial charge in [0.25, 0.3) is 0 Å². The van der Waals surface area contributed by atoms with Crippen LogP contribution < -0.4 is 0 Å². The van der Waals surface area contributed by atoms with E-state index in [9.17, 15) is 53.9 Å². The lowest BCUT2D eigenvalue weighted by Gasteiger charge is -2.24. The Morgan fingerprint density at radius 2 is 1.25 bits per heavy atom. The number of rotatable bonds is 7. The van der Waals surface area contributed by atoms with E-state index in [1.165, 1.54) is 0 Å². The number of oxime groups is 1. The lowest BCUT2D eigenvalue weighted by atomic mass is 10.2. The Balaban J connectivity index is 5.67. The van der Waals surface area contributed by atoms with E-state index in [-0.39, 0.29) is 6.21 Å². The number of nitrogens with zero attached hydrogens (tertiary/aromatic N) is 1. The molecule has 0 radical (unpaired) electrons. The number of ether oxygens (including phenoxy) is 3. The molecule has 0 bridgehead atoms. The highest BCUT2D eigenvalue weighted by Gasteiger charge is 2.48. The smallest absolute Gasteiger partial charge is 0.455 e. The third-order valence-electron chi connectivity index (χ3n) is 2.25. The summed E-state index contributed by atoms with van der Waals surface area (Å²) in [5, 5.41) is 2.77. The van der Waals surface area contributed by atoms with Gasteiger partial charge in [-0.1, -0.05) is 5.16 Å². The number of halogens is 9. The van der Waals surface area contributed by atoms with E-state index in [0.717, 1.165) is 7.11 Å². The van der Waals surface area contributed by atoms with Crippen molar-refractivity contribution >= 4 is 24.1 Å². The zero-order valence-corrected chi connectivity index (χ0v) is 13.1. The lowest BCUT2D eigenvalue weighted by molar-refractivity contribution is -0.223. The van der Waals surface area contributed by atoms with E-state index in [4.69, 9.17) is 0 Å². The quantitative estimate of drug-likeness (QED) is 0.196. The molecule has 0 rings (SSSR count). The molecule has 0 amide bonds. The summed E-state index contributed by atoms with van der Waals surface area (Å²) in [6, 6.07) is 0. The molecular formula is C11H8F9NO7. The van der Waals surface area contributed by atoms with Gasteiger partial charge in [0, 0.05) is 0 Å². The topological polar surface area (TPSA) is 100 Å². The number of esters is 3. The molecule has 0 N–H and O–H groups in total. The minimum atomic E-state index is -5.75. The van der Waals surface area contributed by atoms with Gasteiger partial charge in [-0.3, -0.25) is 0 Å². The SMILES string of the molecule is CO/N=C/C(OC(=O)C(F)(F)F)C(COC(=O)C(F)(F)F)OC(=O)C(F)(F)F. The number of carbonyl (C=O) groups excluding carboxylic acids is 3. The van der Waals surface area contributed by atoms with Crippen molar-refractivity contribution in [3.05, 3.63) is 0 Å². The standard InChI is InChI=1S/C11H8F9NO7/c1-25-21-2-4(27-7(23)10(15,16)17)5(28-8(24)11(18,19)20)3-26-6(22)9(12,13)14/h2,4-5H,3H2,1H3/b21-2+. The van der Waals surface area contributed by atoms with Crippen molar-refractivity contribution < 1.29 is 72.9 Å². The van der Waals surface area contributed by atoms with Crippen LogP contribution in [0.2, 0.25) is 0 Å². The first-order chi connectivity index (χ1) is 12.5. The molecule has 0 aliphatic carbocycles. The number of hydrogen-bond donors (Lipinski definition) is 0. The fourth-order valence-corrected chi connectivity index (χ4v) is 1.15. The third-order valence-corrected chi connectivity index (χ3v) is 2.25. The van der Waals surface area contributed by atoms with Gasteiger partial charge in [0.2, 0.25) is 0 Å². The molecule has 2 unspecified atom stereocenters. The van der Waals surface area contributed by atoms with Crippen molar-refractivity contribution in [2.24, 2.45) is 5.16 Å². The van der Waals surface area contributed by atoms with Crippen molar-refractivity contribution in [2.75, 3.05) is 13.7 Å². The zero-order chi connectivity index (χ0) is 22.3. The van der Waals surface area contributed by atoms with Crippen molar-refractivity contribution in [1.29, 1.82) is 0 Å². The lowest BCUT2D eigenvalue weighted by Crippen LogP contribution is -2.45. The van der Waals surface area contributed by atoms with E-state index in [1.807, 2.05) is 0 Å².